The Bertz CT molecular complexity index is 788. The molecule has 2 saturated heterocycles. The maximum atomic E-state index is 13.0. The standard InChI is InChI=1S/C23H32N4O3/c1-17-6-8-18(9-7-17)15-25-11-10-24-23(30)20(25)14-21(28)26-12-13-27(22(29)16-26)19-4-2-3-5-19/h6-9,19-20H,2-5,10-16H2,1H3,(H,24,30). The van der Waals surface area contributed by atoms with E-state index in [1.54, 1.807) is 4.90 Å². The molecule has 1 aromatic rings. The first kappa shape index (κ1) is 20.8. The lowest BCUT2D eigenvalue weighted by Crippen LogP contribution is -2.58. The molecule has 3 aliphatic rings. The zero-order valence-corrected chi connectivity index (χ0v) is 17.8. The van der Waals surface area contributed by atoms with Crippen molar-refractivity contribution in [3.05, 3.63) is 35.4 Å². The molecule has 30 heavy (non-hydrogen) atoms. The van der Waals surface area contributed by atoms with E-state index in [1.807, 2.05) is 11.8 Å². The average molecular weight is 413 g/mol. The lowest BCUT2D eigenvalue weighted by molar-refractivity contribution is -0.148. The Labute approximate surface area is 178 Å². The molecule has 1 atom stereocenters. The van der Waals surface area contributed by atoms with Crippen molar-refractivity contribution >= 4 is 17.7 Å². The minimum absolute atomic E-state index is 0.0473. The molecule has 3 fully saturated rings. The second-order valence-corrected chi connectivity index (χ2v) is 8.81. The summed E-state index contributed by atoms with van der Waals surface area (Å²) in [5.41, 5.74) is 2.33. The van der Waals surface area contributed by atoms with E-state index in [0.29, 0.717) is 38.8 Å². The van der Waals surface area contributed by atoms with E-state index in [0.717, 1.165) is 18.4 Å². The Morgan fingerprint density at radius 1 is 1.07 bits per heavy atom. The highest BCUT2D eigenvalue weighted by Crippen LogP contribution is 2.25. The first-order chi connectivity index (χ1) is 14.5. The molecule has 1 N–H and O–H groups in total. The third kappa shape index (κ3) is 4.67. The molecule has 3 amide bonds. The minimum atomic E-state index is -0.490. The molecule has 1 saturated carbocycles. The monoisotopic (exact) mass is 412 g/mol. The third-order valence-corrected chi connectivity index (χ3v) is 6.69. The Kier molecular flexibility index (Phi) is 6.37. The molecule has 2 aliphatic heterocycles. The Morgan fingerprint density at radius 3 is 2.50 bits per heavy atom. The number of nitrogens with zero attached hydrogens (tertiary/aromatic N) is 3. The second kappa shape index (κ2) is 9.16. The van der Waals surface area contributed by atoms with Crippen LogP contribution in [0.25, 0.3) is 0 Å². The van der Waals surface area contributed by atoms with Crippen molar-refractivity contribution in [2.24, 2.45) is 0 Å². The Morgan fingerprint density at radius 2 is 1.80 bits per heavy atom. The summed E-state index contributed by atoms with van der Waals surface area (Å²) in [5, 5.41) is 2.89. The highest BCUT2D eigenvalue weighted by Gasteiger charge is 2.36. The normalized spacial score (nSPS) is 23.7. The van der Waals surface area contributed by atoms with Crippen molar-refractivity contribution in [3.63, 3.8) is 0 Å². The van der Waals surface area contributed by atoms with Crippen molar-refractivity contribution in [2.45, 2.75) is 57.7 Å². The molecular formula is C23H32N4O3. The summed E-state index contributed by atoms with van der Waals surface area (Å²) in [4.78, 5) is 43.8. The van der Waals surface area contributed by atoms with Gasteiger partial charge in [-0.1, -0.05) is 42.7 Å². The molecule has 0 bridgehead atoms. The van der Waals surface area contributed by atoms with Crippen LogP contribution in [0.1, 0.15) is 43.2 Å². The molecule has 1 unspecified atom stereocenters. The average Bonchev–Trinajstić information content (AvgIpc) is 3.26. The lowest BCUT2D eigenvalue weighted by atomic mass is 10.0. The number of amides is 3. The van der Waals surface area contributed by atoms with Gasteiger partial charge in [-0.2, -0.15) is 0 Å². The number of benzene rings is 1. The van der Waals surface area contributed by atoms with Gasteiger partial charge in [-0.25, -0.2) is 0 Å². The summed E-state index contributed by atoms with van der Waals surface area (Å²) in [5.74, 6) is -0.158. The van der Waals surface area contributed by atoms with Crippen molar-refractivity contribution in [3.8, 4) is 0 Å². The van der Waals surface area contributed by atoms with Crippen LogP contribution in [0.15, 0.2) is 24.3 Å². The van der Waals surface area contributed by atoms with Gasteiger partial charge in [0.15, 0.2) is 0 Å². The number of hydrogen-bond donors (Lipinski definition) is 1. The molecule has 0 radical (unpaired) electrons. The molecule has 7 heteroatoms. The van der Waals surface area contributed by atoms with E-state index >= 15 is 0 Å². The molecule has 2 heterocycles. The van der Waals surface area contributed by atoms with E-state index in [9.17, 15) is 14.4 Å². The summed E-state index contributed by atoms with van der Waals surface area (Å²) in [6.07, 6.45) is 4.65. The fourth-order valence-electron chi connectivity index (χ4n) is 4.90. The van der Waals surface area contributed by atoms with E-state index in [-0.39, 0.29) is 30.7 Å². The highest BCUT2D eigenvalue weighted by atomic mass is 16.2. The molecule has 162 valence electrons. The van der Waals surface area contributed by atoms with Crippen LogP contribution in [0.4, 0.5) is 0 Å². The number of hydrogen-bond acceptors (Lipinski definition) is 4. The zero-order chi connectivity index (χ0) is 21.1. The summed E-state index contributed by atoms with van der Waals surface area (Å²) in [6, 6.07) is 8.13. The number of carbonyl (C=O) groups is 3. The number of carbonyl (C=O) groups excluding carboxylic acids is 3. The van der Waals surface area contributed by atoms with Crippen LogP contribution < -0.4 is 5.32 Å². The van der Waals surface area contributed by atoms with Gasteiger partial charge in [-0.15, -0.1) is 0 Å². The van der Waals surface area contributed by atoms with Gasteiger partial charge >= 0.3 is 0 Å². The summed E-state index contributed by atoms with van der Waals surface area (Å²) in [6.45, 7) is 5.31. The predicted octanol–water partition coefficient (Wildman–Crippen LogP) is 1.30. The predicted molar refractivity (Wildman–Crippen MR) is 114 cm³/mol. The van der Waals surface area contributed by atoms with Crippen LogP contribution in [-0.2, 0) is 20.9 Å². The number of aryl methyl sites for hydroxylation is 1. The topological polar surface area (TPSA) is 73.0 Å². The minimum Gasteiger partial charge on any atom is -0.353 e. The Hall–Kier alpha value is -2.41. The van der Waals surface area contributed by atoms with Crippen molar-refractivity contribution in [1.29, 1.82) is 0 Å². The molecule has 1 aliphatic carbocycles. The van der Waals surface area contributed by atoms with Crippen LogP contribution in [0.5, 0.6) is 0 Å². The van der Waals surface area contributed by atoms with E-state index in [1.165, 1.54) is 18.4 Å². The quantitative estimate of drug-likeness (QED) is 0.791. The molecule has 1 aromatic carbocycles. The summed E-state index contributed by atoms with van der Waals surface area (Å²) in [7, 11) is 0. The second-order valence-electron chi connectivity index (χ2n) is 8.81. The van der Waals surface area contributed by atoms with E-state index < -0.39 is 6.04 Å². The number of piperazine rings is 2. The van der Waals surface area contributed by atoms with Crippen LogP contribution in [0.3, 0.4) is 0 Å². The maximum Gasteiger partial charge on any atom is 0.242 e. The lowest BCUT2D eigenvalue weighted by Gasteiger charge is -2.39. The SMILES string of the molecule is Cc1ccc(CN2CCNC(=O)C2CC(=O)N2CCN(C3CCCC3)C(=O)C2)cc1. The molecule has 4 rings (SSSR count). The van der Waals surface area contributed by atoms with Crippen molar-refractivity contribution in [1.82, 2.24) is 20.0 Å². The van der Waals surface area contributed by atoms with Crippen LogP contribution in [0, 0.1) is 6.92 Å². The smallest absolute Gasteiger partial charge is 0.242 e. The van der Waals surface area contributed by atoms with Crippen LogP contribution in [-0.4, -0.2) is 77.2 Å². The van der Waals surface area contributed by atoms with Gasteiger partial charge < -0.3 is 15.1 Å². The number of nitrogens with one attached hydrogen (secondary N) is 1. The zero-order valence-electron chi connectivity index (χ0n) is 17.8. The molecular weight excluding hydrogens is 380 g/mol. The van der Waals surface area contributed by atoms with Gasteiger partial charge in [0.1, 0.15) is 0 Å². The van der Waals surface area contributed by atoms with E-state index in [4.69, 9.17) is 0 Å². The van der Waals surface area contributed by atoms with E-state index in [2.05, 4.69) is 34.5 Å². The molecule has 7 nitrogen and oxygen atoms in total. The summed E-state index contributed by atoms with van der Waals surface area (Å²) < 4.78 is 0. The van der Waals surface area contributed by atoms with Crippen molar-refractivity contribution in [2.75, 3.05) is 32.7 Å². The molecule has 0 spiro atoms. The first-order valence-corrected chi connectivity index (χ1v) is 11.2. The fourth-order valence-corrected chi connectivity index (χ4v) is 4.90. The van der Waals surface area contributed by atoms with Gasteiger partial charge in [-0.05, 0) is 25.3 Å². The Balaban J connectivity index is 1.37. The largest absolute Gasteiger partial charge is 0.353 e. The van der Waals surface area contributed by atoms with Gasteiger partial charge in [0.25, 0.3) is 0 Å². The van der Waals surface area contributed by atoms with Crippen molar-refractivity contribution < 1.29 is 14.4 Å². The first-order valence-electron chi connectivity index (χ1n) is 11.2. The summed E-state index contributed by atoms with van der Waals surface area (Å²) >= 11 is 0. The van der Waals surface area contributed by atoms with Crippen LogP contribution >= 0.6 is 0 Å². The maximum absolute atomic E-state index is 13.0. The van der Waals surface area contributed by atoms with Gasteiger partial charge in [0.05, 0.1) is 19.0 Å². The number of rotatable bonds is 5. The van der Waals surface area contributed by atoms with Gasteiger partial charge in [0.2, 0.25) is 17.7 Å². The third-order valence-electron chi connectivity index (χ3n) is 6.69. The van der Waals surface area contributed by atoms with Gasteiger partial charge in [-0.3, -0.25) is 19.3 Å². The molecule has 0 aromatic heterocycles. The highest BCUT2D eigenvalue weighted by molar-refractivity contribution is 5.91. The fraction of sp³-hybridized carbons (Fsp3) is 0.609. The van der Waals surface area contributed by atoms with Crippen LogP contribution in [0.2, 0.25) is 0 Å². The van der Waals surface area contributed by atoms with Gasteiger partial charge in [0, 0.05) is 38.8 Å².